The van der Waals surface area contributed by atoms with E-state index in [0.29, 0.717) is 5.95 Å². The maximum absolute atomic E-state index is 5.89. The van der Waals surface area contributed by atoms with Crippen LogP contribution in [-0.2, 0) is 0 Å². The molecule has 0 aliphatic rings. The van der Waals surface area contributed by atoms with Crippen LogP contribution in [0.2, 0.25) is 5.28 Å². The Morgan fingerprint density at radius 1 is 1.35 bits per heavy atom. The number of nitrogens with one attached hydrogen (secondary N) is 1. The van der Waals surface area contributed by atoms with Crippen molar-refractivity contribution in [1.82, 2.24) is 19.9 Å². The van der Waals surface area contributed by atoms with Crippen molar-refractivity contribution >= 4 is 28.9 Å². The molecular weight excluding hydrogens is 298 g/mol. The third-order valence-corrected chi connectivity index (χ3v) is 3.45. The zero-order valence-corrected chi connectivity index (χ0v) is 13.1. The summed E-state index contributed by atoms with van der Waals surface area (Å²) in [5.74, 6) is 0.391. The number of aromatic nitrogens is 4. The lowest BCUT2D eigenvalue weighted by Gasteiger charge is -2.15. The molecule has 2 aromatic rings. The lowest BCUT2D eigenvalue weighted by Crippen LogP contribution is -2.14. The monoisotopic (exact) mass is 313 g/mol. The number of hydrogen-bond acceptors (Lipinski definition) is 7. The summed E-state index contributed by atoms with van der Waals surface area (Å²) in [6, 6.07) is 0.261. The molecule has 0 radical (unpaired) electrons. The third kappa shape index (κ3) is 4.01. The fourth-order valence-electron chi connectivity index (χ4n) is 1.56. The Labute approximate surface area is 126 Å². The van der Waals surface area contributed by atoms with Gasteiger partial charge in [-0.3, -0.25) is 0 Å². The Morgan fingerprint density at radius 3 is 2.75 bits per heavy atom. The minimum absolute atomic E-state index is 0.0257. The number of anilines is 1. The van der Waals surface area contributed by atoms with Gasteiger partial charge in [0.1, 0.15) is 5.01 Å². The van der Waals surface area contributed by atoms with Crippen LogP contribution < -0.4 is 10.1 Å². The minimum atomic E-state index is -0.0257. The summed E-state index contributed by atoms with van der Waals surface area (Å²) in [5, 5.41) is 6.23. The van der Waals surface area contributed by atoms with E-state index in [1.165, 1.54) is 0 Å². The standard InChI is InChI=1S/C12H16ClN5OS/c1-4-8(9-14-5-6-20-9)15-11-16-10(13)17-12(18-11)19-7(2)3/h5-8H,4H2,1-3H3,(H,15,16,17,18). The van der Waals surface area contributed by atoms with Gasteiger partial charge in [-0.25, -0.2) is 4.98 Å². The van der Waals surface area contributed by atoms with Crippen LogP contribution in [0, 0.1) is 0 Å². The van der Waals surface area contributed by atoms with E-state index < -0.39 is 0 Å². The zero-order chi connectivity index (χ0) is 14.5. The summed E-state index contributed by atoms with van der Waals surface area (Å²) in [5.41, 5.74) is 0. The van der Waals surface area contributed by atoms with Gasteiger partial charge in [0, 0.05) is 11.6 Å². The van der Waals surface area contributed by atoms with Crippen molar-refractivity contribution in [3.8, 4) is 6.01 Å². The highest BCUT2D eigenvalue weighted by molar-refractivity contribution is 7.09. The molecule has 6 nitrogen and oxygen atoms in total. The topological polar surface area (TPSA) is 72.8 Å². The molecule has 2 aromatic heterocycles. The van der Waals surface area contributed by atoms with Gasteiger partial charge in [0.05, 0.1) is 12.1 Å². The lowest BCUT2D eigenvalue weighted by atomic mass is 10.2. The zero-order valence-electron chi connectivity index (χ0n) is 11.5. The second-order valence-electron chi connectivity index (χ2n) is 4.35. The molecule has 2 rings (SSSR count). The maximum atomic E-state index is 5.89. The molecule has 1 atom stereocenters. The summed E-state index contributed by atoms with van der Waals surface area (Å²) >= 11 is 7.47. The summed E-state index contributed by atoms with van der Waals surface area (Å²) in [6.07, 6.45) is 2.61. The van der Waals surface area contributed by atoms with Gasteiger partial charge in [0.2, 0.25) is 11.2 Å². The van der Waals surface area contributed by atoms with Gasteiger partial charge in [0.25, 0.3) is 0 Å². The molecular formula is C12H16ClN5OS. The first-order chi connectivity index (χ1) is 9.58. The molecule has 0 aliphatic heterocycles. The predicted octanol–water partition coefficient (Wildman–Crippen LogP) is 3.33. The van der Waals surface area contributed by atoms with Crippen molar-refractivity contribution in [3.05, 3.63) is 21.9 Å². The van der Waals surface area contributed by atoms with Crippen LogP contribution >= 0.6 is 22.9 Å². The van der Waals surface area contributed by atoms with Crippen molar-refractivity contribution in [1.29, 1.82) is 0 Å². The third-order valence-electron chi connectivity index (χ3n) is 2.39. The summed E-state index contributed by atoms with van der Waals surface area (Å²) in [4.78, 5) is 16.5. The summed E-state index contributed by atoms with van der Waals surface area (Å²) in [7, 11) is 0. The van der Waals surface area contributed by atoms with Gasteiger partial charge in [-0.15, -0.1) is 11.3 Å². The van der Waals surface area contributed by atoms with Gasteiger partial charge in [-0.2, -0.15) is 15.0 Å². The molecule has 0 aliphatic carbocycles. The van der Waals surface area contributed by atoms with Crippen molar-refractivity contribution in [2.75, 3.05) is 5.32 Å². The lowest BCUT2D eigenvalue weighted by molar-refractivity contribution is 0.222. The highest BCUT2D eigenvalue weighted by Crippen LogP contribution is 2.23. The first-order valence-electron chi connectivity index (χ1n) is 6.32. The second kappa shape index (κ2) is 6.81. The van der Waals surface area contributed by atoms with Crippen LogP contribution in [0.15, 0.2) is 11.6 Å². The Morgan fingerprint density at radius 2 is 2.15 bits per heavy atom. The van der Waals surface area contributed by atoms with Crippen LogP contribution in [0.25, 0.3) is 0 Å². The molecule has 2 heterocycles. The van der Waals surface area contributed by atoms with E-state index in [1.54, 1.807) is 17.5 Å². The Bertz CT molecular complexity index is 549. The molecule has 0 saturated heterocycles. The van der Waals surface area contributed by atoms with Crippen LogP contribution in [0.5, 0.6) is 6.01 Å². The van der Waals surface area contributed by atoms with Crippen LogP contribution in [-0.4, -0.2) is 26.0 Å². The highest BCUT2D eigenvalue weighted by Gasteiger charge is 2.15. The molecule has 108 valence electrons. The quantitative estimate of drug-likeness (QED) is 0.882. The van der Waals surface area contributed by atoms with Gasteiger partial charge >= 0.3 is 6.01 Å². The average Bonchev–Trinajstić information content (AvgIpc) is 2.88. The predicted molar refractivity (Wildman–Crippen MR) is 79.4 cm³/mol. The van der Waals surface area contributed by atoms with Crippen molar-refractivity contribution in [2.24, 2.45) is 0 Å². The number of nitrogens with zero attached hydrogens (tertiary/aromatic N) is 4. The SMILES string of the molecule is CCC(Nc1nc(Cl)nc(OC(C)C)n1)c1nccs1. The number of hydrogen-bond donors (Lipinski definition) is 1. The van der Waals surface area contributed by atoms with E-state index in [0.717, 1.165) is 11.4 Å². The van der Waals surface area contributed by atoms with E-state index in [1.807, 2.05) is 19.2 Å². The van der Waals surface area contributed by atoms with Crippen LogP contribution in [0.3, 0.4) is 0 Å². The first kappa shape index (κ1) is 14.9. The molecule has 0 fully saturated rings. The van der Waals surface area contributed by atoms with Gasteiger partial charge in [-0.1, -0.05) is 6.92 Å². The summed E-state index contributed by atoms with van der Waals surface area (Å²) in [6.45, 7) is 5.86. The van der Waals surface area contributed by atoms with Crippen LogP contribution in [0.4, 0.5) is 5.95 Å². The van der Waals surface area contributed by atoms with E-state index in [9.17, 15) is 0 Å². The number of ether oxygens (including phenoxy) is 1. The smallest absolute Gasteiger partial charge is 0.322 e. The molecule has 0 amide bonds. The maximum Gasteiger partial charge on any atom is 0.322 e. The Kier molecular flexibility index (Phi) is 5.08. The minimum Gasteiger partial charge on any atom is -0.461 e. The normalized spacial score (nSPS) is 12.4. The molecule has 0 bridgehead atoms. The molecule has 8 heteroatoms. The highest BCUT2D eigenvalue weighted by atomic mass is 35.5. The largest absolute Gasteiger partial charge is 0.461 e. The molecule has 0 aromatic carbocycles. The number of thiazole rings is 1. The molecule has 1 N–H and O–H groups in total. The van der Waals surface area contributed by atoms with Crippen molar-refractivity contribution < 1.29 is 4.74 Å². The number of halogens is 1. The fourth-order valence-corrected chi connectivity index (χ4v) is 2.49. The van der Waals surface area contributed by atoms with Gasteiger partial charge < -0.3 is 10.1 Å². The molecule has 0 saturated carbocycles. The molecule has 0 spiro atoms. The molecule has 1 unspecified atom stereocenters. The fraction of sp³-hybridized carbons (Fsp3) is 0.500. The average molecular weight is 314 g/mol. The summed E-state index contributed by atoms with van der Waals surface area (Å²) < 4.78 is 5.44. The van der Waals surface area contributed by atoms with Gasteiger partial charge in [0.15, 0.2) is 0 Å². The first-order valence-corrected chi connectivity index (χ1v) is 7.58. The van der Waals surface area contributed by atoms with Crippen molar-refractivity contribution in [3.63, 3.8) is 0 Å². The van der Waals surface area contributed by atoms with Crippen LogP contribution in [0.1, 0.15) is 38.2 Å². The second-order valence-corrected chi connectivity index (χ2v) is 5.62. The van der Waals surface area contributed by atoms with E-state index in [4.69, 9.17) is 16.3 Å². The Balaban J connectivity index is 2.17. The molecule has 20 heavy (non-hydrogen) atoms. The van der Waals surface area contributed by atoms with E-state index in [-0.39, 0.29) is 23.4 Å². The van der Waals surface area contributed by atoms with E-state index >= 15 is 0 Å². The van der Waals surface area contributed by atoms with Crippen molar-refractivity contribution in [2.45, 2.75) is 39.3 Å². The Hall–Kier alpha value is -1.47. The number of rotatable bonds is 6. The van der Waals surface area contributed by atoms with E-state index in [2.05, 4.69) is 32.2 Å². The van der Waals surface area contributed by atoms with Gasteiger partial charge in [-0.05, 0) is 31.9 Å².